The highest BCUT2D eigenvalue weighted by molar-refractivity contribution is 5.31. The first kappa shape index (κ1) is 9.79. The molecular formula is C10H10FN3O. The van der Waals surface area contributed by atoms with Crippen molar-refractivity contribution in [3.63, 3.8) is 0 Å². The van der Waals surface area contributed by atoms with E-state index in [9.17, 15) is 9.50 Å². The number of halogens is 1. The van der Waals surface area contributed by atoms with Crippen LogP contribution in [0.4, 0.5) is 4.39 Å². The Labute approximate surface area is 85.8 Å². The smallest absolute Gasteiger partial charge is 0.157 e. The molecule has 1 atom stereocenters. The van der Waals surface area contributed by atoms with E-state index in [4.69, 9.17) is 0 Å². The van der Waals surface area contributed by atoms with Crippen LogP contribution in [-0.2, 0) is 0 Å². The Morgan fingerprint density at radius 1 is 1.47 bits per heavy atom. The van der Waals surface area contributed by atoms with Gasteiger partial charge < -0.3 is 5.11 Å². The average Bonchev–Trinajstić information content (AvgIpc) is 2.69. The number of rotatable bonds is 2. The summed E-state index contributed by atoms with van der Waals surface area (Å²) >= 11 is 0. The van der Waals surface area contributed by atoms with Crippen molar-refractivity contribution in [2.45, 2.75) is 13.0 Å². The predicted octanol–water partition coefficient (Wildman–Crippen LogP) is 1.33. The minimum absolute atomic E-state index is 0.319. The van der Waals surface area contributed by atoms with Crippen molar-refractivity contribution in [3.05, 3.63) is 47.3 Å². The number of aromatic nitrogens is 3. The fraction of sp³-hybridized carbons (Fsp3) is 0.200. The molecule has 2 aromatic rings. The van der Waals surface area contributed by atoms with Gasteiger partial charge in [-0.05, 0) is 30.2 Å². The normalized spacial score (nSPS) is 12.7. The minimum Gasteiger partial charge on any atom is -0.380 e. The molecule has 78 valence electrons. The van der Waals surface area contributed by atoms with Gasteiger partial charge in [-0.2, -0.15) is 5.10 Å². The third-order valence-electron chi connectivity index (χ3n) is 2.22. The second-order valence-corrected chi connectivity index (χ2v) is 3.27. The molecule has 15 heavy (non-hydrogen) atoms. The van der Waals surface area contributed by atoms with Gasteiger partial charge in [0.15, 0.2) is 5.82 Å². The average molecular weight is 207 g/mol. The van der Waals surface area contributed by atoms with Crippen LogP contribution in [0.25, 0.3) is 0 Å². The SMILES string of the molecule is Cc1cc(F)ccc1C(O)c1ncn[nH]1. The van der Waals surface area contributed by atoms with Gasteiger partial charge in [0.25, 0.3) is 0 Å². The summed E-state index contributed by atoms with van der Waals surface area (Å²) in [5.41, 5.74) is 1.30. The maximum absolute atomic E-state index is 12.8. The molecule has 0 aliphatic rings. The molecule has 1 heterocycles. The van der Waals surface area contributed by atoms with E-state index in [2.05, 4.69) is 15.2 Å². The number of aliphatic hydroxyl groups is 1. The van der Waals surface area contributed by atoms with E-state index >= 15 is 0 Å². The summed E-state index contributed by atoms with van der Waals surface area (Å²) in [6.07, 6.45) is 0.422. The molecule has 0 amide bonds. The van der Waals surface area contributed by atoms with E-state index in [1.54, 1.807) is 6.92 Å². The standard InChI is InChI=1S/C10H10FN3O/c1-6-4-7(11)2-3-8(6)9(15)10-12-5-13-14-10/h2-5,9,15H,1H3,(H,12,13,14). The van der Waals surface area contributed by atoms with Gasteiger partial charge in [0.05, 0.1) is 0 Å². The lowest BCUT2D eigenvalue weighted by molar-refractivity contribution is 0.209. The highest BCUT2D eigenvalue weighted by Crippen LogP contribution is 2.22. The summed E-state index contributed by atoms with van der Waals surface area (Å²) in [7, 11) is 0. The van der Waals surface area contributed by atoms with Gasteiger partial charge in [-0.15, -0.1) is 0 Å². The summed E-state index contributed by atoms with van der Waals surface area (Å²) in [6.45, 7) is 1.73. The maximum atomic E-state index is 12.8. The largest absolute Gasteiger partial charge is 0.380 e. The molecular weight excluding hydrogens is 197 g/mol. The van der Waals surface area contributed by atoms with Crippen LogP contribution in [0.3, 0.4) is 0 Å². The Morgan fingerprint density at radius 3 is 2.87 bits per heavy atom. The van der Waals surface area contributed by atoms with Crippen LogP contribution >= 0.6 is 0 Å². The van der Waals surface area contributed by atoms with E-state index < -0.39 is 6.10 Å². The van der Waals surface area contributed by atoms with Crippen LogP contribution in [0.5, 0.6) is 0 Å². The number of aromatic amines is 1. The van der Waals surface area contributed by atoms with Gasteiger partial charge in [-0.25, -0.2) is 9.37 Å². The number of aliphatic hydroxyl groups excluding tert-OH is 1. The maximum Gasteiger partial charge on any atom is 0.157 e. The molecule has 0 bridgehead atoms. The molecule has 0 aliphatic heterocycles. The van der Waals surface area contributed by atoms with Gasteiger partial charge in [-0.3, -0.25) is 5.10 Å². The molecule has 2 N–H and O–H groups in total. The number of hydrogen-bond donors (Lipinski definition) is 2. The molecule has 2 rings (SSSR count). The zero-order chi connectivity index (χ0) is 10.8. The fourth-order valence-corrected chi connectivity index (χ4v) is 1.44. The Hall–Kier alpha value is -1.75. The molecule has 0 spiro atoms. The Morgan fingerprint density at radius 2 is 2.27 bits per heavy atom. The van der Waals surface area contributed by atoms with Crippen molar-refractivity contribution in [1.29, 1.82) is 0 Å². The first-order valence-corrected chi connectivity index (χ1v) is 4.48. The summed E-state index contributed by atoms with van der Waals surface area (Å²) in [4.78, 5) is 3.85. The van der Waals surface area contributed by atoms with Crippen molar-refractivity contribution < 1.29 is 9.50 Å². The lowest BCUT2D eigenvalue weighted by Gasteiger charge is -2.10. The van der Waals surface area contributed by atoms with Gasteiger partial charge in [0, 0.05) is 0 Å². The molecule has 1 aromatic heterocycles. The molecule has 0 saturated carbocycles. The Balaban J connectivity index is 2.38. The minimum atomic E-state index is -0.895. The molecule has 1 unspecified atom stereocenters. The highest BCUT2D eigenvalue weighted by Gasteiger charge is 2.15. The van der Waals surface area contributed by atoms with Gasteiger partial charge in [-0.1, -0.05) is 6.07 Å². The summed E-state index contributed by atoms with van der Waals surface area (Å²) in [5.74, 6) is 0.0331. The lowest BCUT2D eigenvalue weighted by Crippen LogP contribution is -2.04. The summed E-state index contributed by atoms with van der Waals surface area (Å²) < 4.78 is 12.8. The van der Waals surface area contributed by atoms with Crippen LogP contribution in [0.15, 0.2) is 24.5 Å². The van der Waals surface area contributed by atoms with Crippen LogP contribution in [0.2, 0.25) is 0 Å². The van der Waals surface area contributed by atoms with Crippen molar-refractivity contribution in [3.8, 4) is 0 Å². The predicted molar refractivity (Wildman–Crippen MR) is 51.6 cm³/mol. The highest BCUT2D eigenvalue weighted by atomic mass is 19.1. The lowest BCUT2D eigenvalue weighted by atomic mass is 10.0. The number of aryl methyl sites for hydroxylation is 1. The third kappa shape index (κ3) is 1.87. The number of H-pyrrole nitrogens is 1. The van der Waals surface area contributed by atoms with Crippen LogP contribution < -0.4 is 0 Å². The molecule has 4 nitrogen and oxygen atoms in total. The Bertz CT molecular complexity index is 456. The first-order valence-electron chi connectivity index (χ1n) is 4.48. The quantitative estimate of drug-likeness (QED) is 0.781. The van der Waals surface area contributed by atoms with Gasteiger partial charge in [0.1, 0.15) is 18.2 Å². The second kappa shape index (κ2) is 3.78. The van der Waals surface area contributed by atoms with Gasteiger partial charge in [0.2, 0.25) is 0 Å². The number of hydrogen-bond acceptors (Lipinski definition) is 3. The fourth-order valence-electron chi connectivity index (χ4n) is 1.44. The molecule has 1 aromatic carbocycles. The molecule has 0 aliphatic carbocycles. The summed E-state index contributed by atoms with van der Waals surface area (Å²) in [5, 5.41) is 16.1. The molecule has 5 heteroatoms. The van der Waals surface area contributed by atoms with E-state index in [0.717, 1.165) is 0 Å². The van der Waals surface area contributed by atoms with Crippen LogP contribution in [0, 0.1) is 12.7 Å². The first-order chi connectivity index (χ1) is 7.18. The van der Waals surface area contributed by atoms with E-state index in [0.29, 0.717) is 17.0 Å². The van der Waals surface area contributed by atoms with Crippen LogP contribution in [-0.4, -0.2) is 20.3 Å². The van der Waals surface area contributed by atoms with E-state index in [-0.39, 0.29) is 5.82 Å². The molecule has 0 fully saturated rings. The number of nitrogens with one attached hydrogen (secondary N) is 1. The van der Waals surface area contributed by atoms with Crippen molar-refractivity contribution >= 4 is 0 Å². The van der Waals surface area contributed by atoms with Gasteiger partial charge >= 0.3 is 0 Å². The molecule has 0 saturated heterocycles. The monoisotopic (exact) mass is 207 g/mol. The van der Waals surface area contributed by atoms with Crippen molar-refractivity contribution in [1.82, 2.24) is 15.2 Å². The van der Waals surface area contributed by atoms with Crippen molar-refractivity contribution in [2.75, 3.05) is 0 Å². The third-order valence-corrected chi connectivity index (χ3v) is 2.22. The topological polar surface area (TPSA) is 61.8 Å². The second-order valence-electron chi connectivity index (χ2n) is 3.27. The zero-order valence-corrected chi connectivity index (χ0v) is 8.11. The zero-order valence-electron chi connectivity index (χ0n) is 8.11. The van der Waals surface area contributed by atoms with E-state index in [1.165, 1.54) is 24.5 Å². The molecule has 0 radical (unpaired) electrons. The number of benzene rings is 1. The summed E-state index contributed by atoms with van der Waals surface area (Å²) in [6, 6.07) is 4.22. The van der Waals surface area contributed by atoms with Crippen LogP contribution in [0.1, 0.15) is 23.1 Å². The van der Waals surface area contributed by atoms with E-state index in [1.807, 2.05) is 0 Å². The Kier molecular flexibility index (Phi) is 2.47. The number of nitrogens with zero attached hydrogens (tertiary/aromatic N) is 2. The van der Waals surface area contributed by atoms with Crippen molar-refractivity contribution in [2.24, 2.45) is 0 Å².